The molecule has 5 aliphatic rings. The van der Waals surface area contributed by atoms with Crippen molar-refractivity contribution in [1.29, 1.82) is 0 Å². The van der Waals surface area contributed by atoms with E-state index in [1.807, 2.05) is 19.1 Å². The van der Waals surface area contributed by atoms with Crippen LogP contribution in [0.3, 0.4) is 0 Å². The second-order valence-electron chi connectivity index (χ2n) is 9.58. The smallest absolute Gasteiger partial charge is 0.338 e. The van der Waals surface area contributed by atoms with E-state index in [-0.39, 0.29) is 53.4 Å². The van der Waals surface area contributed by atoms with Crippen LogP contribution in [0.4, 0.5) is 5.69 Å². The largest absolute Gasteiger partial charge is 0.454 e. The Morgan fingerprint density at radius 1 is 0.909 bits per heavy atom. The van der Waals surface area contributed by atoms with E-state index in [1.54, 1.807) is 30.3 Å². The van der Waals surface area contributed by atoms with E-state index in [9.17, 15) is 19.2 Å². The molecule has 2 aromatic rings. The number of amides is 2. The second kappa shape index (κ2) is 7.24. The van der Waals surface area contributed by atoms with E-state index in [4.69, 9.17) is 4.74 Å². The molecule has 166 valence electrons. The summed E-state index contributed by atoms with van der Waals surface area (Å²) >= 11 is 0. The number of ether oxygens (including phenoxy) is 1. The van der Waals surface area contributed by atoms with Gasteiger partial charge in [-0.25, -0.2) is 9.69 Å². The van der Waals surface area contributed by atoms with Gasteiger partial charge in [0, 0.05) is 5.56 Å². The number of carbonyl (C=O) groups excluding carboxylic acids is 4. The first-order valence-corrected chi connectivity index (χ1v) is 11.4. The number of allylic oxidation sites excluding steroid dienone is 2. The Balaban J connectivity index is 1.18. The normalized spacial score (nSPS) is 30.8. The third-order valence-corrected chi connectivity index (χ3v) is 7.71. The minimum atomic E-state index is -0.670. The van der Waals surface area contributed by atoms with Gasteiger partial charge in [0.15, 0.2) is 12.4 Å². The van der Waals surface area contributed by atoms with E-state index >= 15 is 0 Å². The topological polar surface area (TPSA) is 80.8 Å². The molecule has 0 N–H and O–H groups in total. The van der Waals surface area contributed by atoms with Crippen molar-refractivity contribution in [2.75, 3.05) is 11.5 Å². The van der Waals surface area contributed by atoms with Crippen LogP contribution < -0.4 is 4.90 Å². The molecule has 3 fully saturated rings. The molecule has 0 spiro atoms. The van der Waals surface area contributed by atoms with Gasteiger partial charge in [-0.2, -0.15) is 0 Å². The predicted molar refractivity (Wildman–Crippen MR) is 119 cm³/mol. The summed E-state index contributed by atoms with van der Waals surface area (Å²) in [6.07, 6.45) is 5.37. The van der Waals surface area contributed by atoms with E-state index in [2.05, 4.69) is 12.2 Å². The lowest BCUT2D eigenvalue weighted by atomic mass is 9.63. The summed E-state index contributed by atoms with van der Waals surface area (Å²) in [5.41, 5.74) is 2.08. The molecule has 2 aromatic carbocycles. The van der Waals surface area contributed by atoms with E-state index < -0.39 is 5.97 Å². The molecule has 6 heteroatoms. The highest BCUT2D eigenvalue weighted by Crippen LogP contribution is 2.65. The SMILES string of the molecule is Cc1ccc(C(=O)COC(=O)c2cccc(N3C(=O)[C@@H]4[C@H]5C=C[C@@H]([C@@H]6C[C@@H]56)[C@H]4C3=O)c2)cc1. The molecule has 2 bridgehead atoms. The maximum absolute atomic E-state index is 13.3. The van der Waals surface area contributed by atoms with Gasteiger partial charge in [-0.3, -0.25) is 14.4 Å². The summed E-state index contributed by atoms with van der Waals surface area (Å²) < 4.78 is 5.22. The number of nitrogens with zero attached hydrogens (tertiary/aromatic N) is 1. The van der Waals surface area contributed by atoms with Crippen molar-refractivity contribution in [2.24, 2.45) is 35.5 Å². The summed E-state index contributed by atoms with van der Waals surface area (Å²) in [4.78, 5) is 52.8. The minimum Gasteiger partial charge on any atom is -0.454 e. The fourth-order valence-corrected chi connectivity index (χ4v) is 6.02. The Bertz CT molecular complexity index is 1190. The summed E-state index contributed by atoms with van der Waals surface area (Å²) in [5, 5.41) is 0. The van der Waals surface area contributed by atoms with E-state index in [0.717, 1.165) is 12.0 Å². The van der Waals surface area contributed by atoms with Gasteiger partial charge in [-0.15, -0.1) is 0 Å². The number of benzene rings is 2. The number of hydrogen-bond acceptors (Lipinski definition) is 5. The van der Waals surface area contributed by atoms with Crippen LogP contribution in [0.25, 0.3) is 0 Å². The zero-order valence-electron chi connectivity index (χ0n) is 18.1. The first-order valence-electron chi connectivity index (χ1n) is 11.4. The van der Waals surface area contributed by atoms with Gasteiger partial charge >= 0.3 is 5.97 Å². The Kier molecular flexibility index (Phi) is 4.41. The van der Waals surface area contributed by atoms with Gasteiger partial charge < -0.3 is 4.74 Å². The molecule has 0 aromatic heterocycles. The Labute approximate surface area is 191 Å². The van der Waals surface area contributed by atoms with Crippen molar-refractivity contribution in [3.63, 3.8) is 0 Å². The number of aryl methyl sites for hydroxylation is 1. The Morgan fingerprint density at radius 3 is 2.18 bits per heavy atom. The number of anilines is 1. The second-order valence-corrected chi connectivity index (χ2v) is 9.58. The average Bonchev–Trinajstić information content (AvgIpc) is 3.61. The first kappa shape index (κ1) is 20.1. The van der Waals surface area contributed by atoms with Crippen molar-refractivity contribution in [3.05, 3.63) is 77.4 Å². The van der Waals surface area contributed by atoms with E-state index in [0.29, 0.717) is 23.1 Å². The molecule has 1 saturated heterocycles. The molecular formula is C27H23NO5. The molecule has 4 aliphatic carbocycles. The highest BCUT2D eigenvalue weighted by atomic mass is 16.5. The lowest BCUT2D eigenvalue weighted by Gasteiger charge is -2.37. The maximum atomic E-state index is 13.3. The summed E-state index contributed by atoms with van der Waals surface area (Å²) in [6.45, 7) is 1.55. The third kappa shape index (κ3) is 3.08. The fraction of sp³-hybridized carbons (Fsp3) is 0.333. The van der Waals surface area contributed by atoms with Crippen molar-refractivity contribution >= 4 is 29.3 Å². The molecule has 2 amide bonds. The maximum Gasteiger partial charge on any atom is 0.338 e. The molecule has 33 heavy (non-hydrogen) atoms. The van der Waals surface area contributed by atoms with Crippen LogP contribution in [-0.2, 0) is 14.3 Å². The number of Topliss-reactive ketones (excluding diaryl/α,β-unsaturated/α-hetero) is 1. The third-order valence-electron chi connectivity index (χ3n) is 7.71. The number of rotatable bonds is 5. The molecule has 6 atom stereocenters. The van der Waals surface area contributed by atoms with Crippen molar-refractivity contribution < 1.29 is 23.9 Å². The Morgan fingerprint density at radius 2 is 1.55 bits per heavy atom. The molecule has 2 saturated carbocycles. The predicted octanol–water partition coefficient (Wildman–Crippen LogP) is 3.59. The van der Waals surface area contributed by atoms with Crippen LogP contribution >= 0.6 is 0 Å². The molecular weight excluding hydrogens is 418 g/mol. The minimum absolute atomic E-state index is 0.146. The number of imide groups is 1. The van der Waals surface area contributed by atoms with Crippen molar-refractivity contribution in [3.8, 4) is 0 Å². The van der Waals surface area contributed by atoms with Crippen LogP contribution in [0.1, 0.15) is 32.7 Å². The Hall–Kier alpha value is -3.54. The van der Waals surface area contributed by atoms with E-state index in [1.165, 1.54) is 11.0 Å². The average molecular weight is 441 g/mol. The monoisotopic (exact) mass is 441 g/mol. The lowest BCUT2D eigenvalue weighted by molar-refractivity contribution is -0.124. The van der Waals surface area contributed by atoms with Gasteiger partial charge in [0.05, 0.1) is 23.1 Å². The van der Waals surface area contributed by atoms with Crippen molar-refractivity contribution in [2.45, 2.75) is 13.3 Å². The number of hydrogen-bond donors (Lipinski definition) is 0. The zero-order valence-corrected chi connectivity index (χ0v) is 18.1. The van der Waals surface area contributed by atoms with Crippen LogP contribution in [0.2, 0.25) is 0 Å². The van der Waals surface area contributed by atoms with Gasteiger partial charge in [-0.05, 0) is 55.2 Å². The van der Waals surface area contributed by atoms with Crippen LogP contribution in [0, 0.1) is 42.4 Å². The van der Waals surface area contributed by atoms with Gasteiger partial charge in [0.1, 0.15) is 0 Å². The molecule has 6 nitrogen and oxygen atoms in total. The van der Waals surface area contributed by atoms with Crippen molar-refractivity contribution in [1.82, 2.24) is 0 Å². The van der Waals surface area contributed by atoms with Crippen LogP contribution in [-0.4, -0.2) is 30.2 Å². The first-order chi connectivity index (χ1) is 15.9. The fourth-order valence-electron chi connectivity index (χ4n) is 6.02. The summed E-state index contributed by atoms with van der Waals surface area (Å²) in [5.74, 6) is -0.537. The van der Waals surface area contributed by atoms with Gasteiger partial charge in [0.25, 0.3) is 0 Å². The van der Waals surface area contributed by atoms with Crippen LogP contribution in [0.15, 0.2) is 60.7 Å². The molecule has 7 rings (SSSR count). The number of esters is 1. The number of carbonyl (C=O) groups is 4. The number of ketones is 1. The molecule has 1 aliphatic heterocycles. The highest BCUT2D eigenvalue weighted by Gasteiger charge is 2.67. The zero-order chi connectivity index (χ0) is 22.9. The molecule has 0 unspecified atom stereocenters. The molecule has 1 heterocycles. The van der Waals surface area contributed by atoms with Gasteiger partial charge in [-0.1, -0.05) is 48.0 Å². The quantitative estimate of drug-likeness (QED) is 0.307. The van der Waals surface area contributed by atoms with Gasteiger partial charge in [0.2, 0.25) is 11.8 Å². The molecule has 0 radical (unpaired) electrons. The summed E-state index contributed by atoms with van der Waals surface area (Å²) in [6, 6.07) is 13.4. The highest BCUT2D eigenvalue weighted by molar-refractivity contribution is 6.23. The lowest BCUT2D eigenvalue weighted by Crippen LogP contribution is -2.40. The van der Waals surface area contributed by atoms with Crippen LogP contribution in [0.5, 0.6) is 0 Å². The summed E-state index contributed by atoms with van der Waals surface area (Å²) in [7, 11) is 0. The standard InChI is InChI=1S/C27H23NO5/c1-14-5-7-15(8-6-14)22(29)13-33-27(32)16-3-2-4-17(11-16)28-25(30)23-18-9-10-19(21-12-20(18)21)24(23)26(28)31/h2-11,18-21,23-24H,12-13H2,1H3/t18-,19-,20-,21-,23+,24+/m0/s1.